The molecular weight excluding hydrogens is 889 g/mol. The van der Waals surface area contributed by atoms with Gasteiger partial charge in [0.05, 0.1) is 0 Å². The number of unbranched alkanes of at least 4 members (excludes halogenated alkanes) is 39. The molecule has 1 unspecified atom stereocenters. The number of allylic oxidation sites excluding steroid dienone is 8. The summed E-state index contributed by atoms with van der Waals surface area (Å²) in [6.07, 6.45) is 75.4. The minimum atomic E-state index is -0.785. The van der Waals surface area contributed by atoms with E-state index < -0.39 is 6.10 Å². The number of esters is 3. The lowest BCUT2D eigenvalue weighted by Gasteiger charge is -2.18. The highest BCUT2D eigenvalue weighted by Gasteiger charge is 2.19. The number of hydrogen-bond acceptors (Lipinski definition) is 6. The molecule has 0 aromatic carbocycles. The van der Waals surface area contributed by atoms with Crippen LogP contribution in [0.3, 0.4) is 0 Å². The zero-order valence-electron chi connectivity index (χ0n) is 48.2. The summed E-state index contributed by atoms with van der Waals surface area (Å²) in [6, 6.07) is 0. The summed E-state index contributed by atoms with van der Waals surface area (Å²) in [6.45, 7) is 6.63. The van der Waals surface area contributed by atoms with E-state index in [9.17, 15) is 14.4 Å². The molecule has 72 heavy (non-hydrogen) atoms. The molecule has 0 saturated heterocycles. The number of rotatable bonds is 58. The Kier molecular flexibility index (Phi) is 58.7. The van der Waals surface area contributed by atoms with Crippen molar-refractivity contribution in [3.05, 3.63) is 48.6 Å². The first-order valence-electron chi connectivity index (χ1n) is 31.6. The Bertz CT molecular complexity index is 1250. The van der Waals surface area contributed by atoms with Gasteiger partial charge in [0, 0.05) is 19.3 Å². The van der Waals surface area contributed by atoms with Gasteiger partial charge >= 0.3 is 17.9 Å². The second-order valence-electron chi connectivity index (χ2n) is 21.3. The van der Waals surface area contributed by atoms with Crippen molar-refractivity contribution >= 4 is 17.9 Å². The van der Waals surface area contributed by atoms with Gasteiger partial charge in [-0.1, -0.05) is 281 Å². The highest BCUT2D eigenvalue weighted by molar-refractivity contribution is 5.71. The standard InChI is InChI=1S/C66H120O6/c1-4-7-10-13-16-19-22-25-28-31-32-33-34-35-36-39-41-44-47-50-53-56-59-65(68)71-62-63(72-66(69)60-57-54-51-48-45-42-38-30-27-24-21-18-15-12-9-6-3)61-70-64(67)58-55-52-49-46-43-40-37-29-26-23-20-17-14-11-8-5-2/h20-21,23-24,29-30,37-38,63H,4-19,22,25-28,31-36,39-62H2,1-3H3/b23-20-,24-21-,37-29-,38-30-. The summed E-state index contributed by atoms with van der Waals surface area (Å²) in [5.41, 5.74) is 0. The molecule has 0 rings (SSSR count). The maximum Gasteiger partial charge on any atom is 0.306 e. The molecule has 0 aromatic heterocycles. The molecule has 0 N–H and O–H groups in total. The minimum absolute atomic E-state index is 0.0801. The van der Waals surface area contributed by atoms with Gasteiger partial charge in [0.2, 0.25) is 0 Å². The zero-order chi connectivity index (χ0) is 52.2. The summed E-state index contributed by atoms with van der Waals surface area (Å²) in [5.74, 6) is -0.889. The van der Waals surface area contributed by atoms with E-state index in [1.807, 2.05) is 0 Å². The van der Waals surface area contributed by atoms with Crippen molar-refractivity contribution in [2.75, 3.05) is 13.2 Å². The van der Waals surface area contributed by atoms with E-state index in [0.717, 1.165) is 103 Å². The molecule has 0 aliphatic heterocycles. The third-order valence-electron chi connectivity index (χ3n) is 14.1. The van der Waals surface area contributed by atoms with Crippen LogP contribution in [0.1, 0.15) is 335 Å². The fourth-order valence-corrected chi connectivity index (χ4v) is 9.27. The van der Waals surface area contributed by atoms with Crippen LogP contribution in [0.4, 0.5) is 0 Å². The topological polar surface area (TPSA) is 78.9 Å². The summed E-state index contributed by atoms with van der Waals surface area (Å²) < 4.78 is 16.9. The van der Waals surface area contributed by atoms with Crippen LogP contribution >= 0.6 is 0 Å². The van der Waals surface area contributed by atoms with Gasteiger partial charge in [-0.3, -0.25) is 14.4 Å². The lowest BCUT2D eigenvalue weighted by molar-refractivity contribution is -0.167. The van der Waals surface area contributed by atoms with Crippen LogP contribution in [0.2, 0.25) is 0 Å². The summed E-state index contributed by atoms with van der Waals surface area (Å²) in [7, 11) is 0. The average Bonchev–Trinajstić information content (AvgIpc) is 3.38. The highest BCUT2D eigenvalue weighted by Crippen LogP contribution is 2.17. The van der Waals surface area contributed by atoms with Crippen molar-refractivity contribution in [3.8, 4) is 0 Å². The molecule has 6 nitrogen and oxygen atoms in total. The Morgan fingerprint density at radius 2 is 0.500 bits per heavy atom. The largest absolute Gasteiger partial charge is 0.462 e. The van der Waals surface area contributed by atoms with E-state index in [-0.39, 0.29) is 31.1 Å². The molecule has 0 radical (unpaired) electrons. The lowest BCUT2D eigenvalue weighted by atomic mass is 10.0. The Hall–Kier alpha value is -2.63. The molecule has 0 fully saturated rings. The van der Waals surface area contributed by atoms with Gasteiger partial charge in [-0.15, -0.1) is 0 Å². The van der Waals surface area contributed by atoms with Gasteiger partial charge in [0.15, 0.2) is 6.10 Å². The van der Waals surface area contributed by atoms with Crippen LogP contribution in [0.5, 0.6) is 0 Å². The first-order valence-corrected chi connectivity index (χ1v) is 31.6. The van der Waals surface area contributed by atoms with Crippen LogP contribution in [0.25, 0.3) is 0 Å². The van der Waals surface area contributed by atoms with Crippen molar-refractivity contribution < 1.29 is 28.6 Å². The summed E-state index contributed by atoms with van der Waals surface area (Å²) >= 11 is 0. The minimum Gasteiger partial charge on any atom is -0.462 e. The van der Waals surface area contributed by atoms with E-state index in [1.54, 1.807) is 0 Å². The average molecular weight is 1010 g/mol. The van der Waals surface area contributed by atoms with Gasteiger partial charge in [-0.2, -0.15) is 0 Å². The maximum atomic E-state index is 12.9. The third kappa shape index (κ3) is 58.3. The lowest BCUT2D eigenvalue weighted by Crippen LogP contribution is -2.30. The molecule has 0 aliphatic carbocycles. The number of ether oxygens (including phenoxy) is 3. The quantitative estimate of drug-likeness (QED) is 0.0261. The van der Waals surface area contributed by atoms with E-state index in [4.69, 9.17) is 14.2 Å². The Labute approximate surface area is 448 Å². The molecule has 0 saturated carbocycles. The van der Waals surface area contributed by atoms with Gasteiger partial charge in [-0.25, -0.2) is 0 Å². The first kappa shape index (κ1) is 69.4. The van der Waals surface area contributed by atoms with Crippen molar-refractivity contribution in [1.82, 2.24) is 0 Å². The zero-order valence-corrected chi connectivity index (χ0v) is 48.2. The normalized spacial score (nSPS) is 12.3. The first-order chi connectivity index (χ1) is 35.5. The second kappa shape index (κ2) is 60.9. The highest BCUT2D eigenvalue weighted by atomic mass is 16.6. The molecule has 0 aliphatic rings. The van der Waals surface area contributed by atoms with E-state index in [0.29, 0.717) is 19.3 Å². The predicted octanol–water partition coefficient (Wildman–Crippen LogP) is 21.4. The van der Waals surface area contributed by atoms with Crippen LogP contribution in [-0.2, 0) is 28.6 Å². The SMILES string of the molecule is CCCCCC/C=C\C/C=C\CCCCCCCC(=O)OCC(COC(=O)CCCCCCCCCCCCCCCCCCCCCCCC)OC(=O)CCCCCCC/C=C\C/C=C\CCCCCC. The third-order valence-corrected chi connectivity index (χ3v) is 14.1. The van der Waals surface area contributed by atoms with Gasteiger partial charge in [0.1, 0.15) is 13.2 Å². The molecule has 0 bridgehead atoms. The molecular formula is C66H120O6. The number of carbonyl (C=O) groups is 3. The fourth-order valence-electron chi connectivity index (χ4n) is 9.27. The fraction of sp³-hybridized carbons (Fsp3) is 0.833. The Morgan fingerprint density at radius 1 is 0.278 bits per heavy atom. The predicted molar refractivity (Wildman–Crippen MR) is 312 cm³/mol. The van der Waals surface area contributed by atoms with Crippen LogP contribution in [0, 0.1) is 0 Å². The van der Waals surface area contributed by atoms with E-state index >= 15 is 0 Å². The molecule has 0 aromatic rings. The van der Waals surface area contributed by atoms with E-state index in [2.05, 4.69) is 69.4 Å². The van der Waals surface area contributed by atoms with Gasteiger partial charge in [-0.05, 0) is 83.5 Å². The maximum absolute atomic E-state index is 12.9. The molecule has 0 amide bonds. The molecule has 0 heterocycles. The molecule has 1 atom stereocenters. The molecule has 420 valence electrons. The van der Waals surface area contributed by atoms with E-state index in [1.165, 1.54) is 193 Å². The summed E-state index contributed by atoms with van der Waals surface area (Å²) in [4.78, 5) is 38.3. The second-order valence-corrected chi connectivity index (χ2v) is 21.3. The number of carbonyl (C=O) groups excluding carboxylic acids is 3. The van der Waals surface area contributed by atoms with Crippen LogP contribution in [-0.4, -0.2) is 37.2 Å². The molecule has 6 heteroatoms. The molecule has 0 spiro atoms. The number of hydrogen-bond donors (Lipinski definition) is 0. The Balaban J connectivity index is 4.33. The van der Waals surface area contributed by atoms with Crippen molar-refractivity contribution in [1.29, 1.82) is 0 Å². The van der Waals surface area contributed by atoms with Crippen molar-refractivity contribution in [2.45, 2.75) is 341 Å². The summed E-state index contributed by atoms with van der Waals surface area (Å²) in [5, 5.41) is 0. The van der Waals surface area contributed by atoms with Gasteiger partial charge < -0.3 is 14.2 Å². The van der Waals surface area contributed by atoms with Crippen molar-refractivity contribution in [2.24, 2.45) is 0 Å². The van der Waals surface area contributed by atoms with Crippen LogP contribution in [0.15, 0.2) is 48.6 Å². The van der Waals surface area contributed by atoms with Crippen LogP contribution < -0.4 is 0 Å². The monoisotopic (exact) mass is 1010 g/mol. The van der Waals surface area contributed by atoms with Gasteiger partial charge in [0.25, 0.3) is 0 Å². The van der Waals surface area contributed by atoms with Crippen molar-refractivity contribution in [3.63, 3.8) is 0 Å². The Morgan fingerprint density at radius 3 is 0.778 bits per heavy atom. The smallest absolute Gasteiger partial charge is 0.306 e.